The maximum atomic E-state index is 12.8. The van der Waals surface area contributed by atoms with Crippen LogP contribution in [-0.2, 0) is 9.53 Å². The lowest BCUT2D eigenvalue weighted by atomic mass is 10.1. The number of aliphatic imine (C=N–C) groups is 1. The second kappa shape index (κ2) is 10.8. The van der Waals surface area contributed by atoms with Gasteiger partial charge in [0.15, 0.2) is 0 Å². The molecule has 0 bridgehead atoms. The van der Waals surface area contributed by atoms with Crippen LogP contribution in [0.4, 0.5) is 0 Å². The number of nitrogens with zero attached hydrogens (tertiary/aromatic N) is 1. The Labute approximate surface area is 217 Å². The van der Waals surface area contributed by atoms with Gasteiger partial charge in [-0.25, -0.2) is 9.79 Å². The van der Waals surface area contributed by atoms with Gasteiger partial charge >= 0.3 is 5.97 Å². The lowest BCUT2D eigenvalue weighted by Crippen LogP contribution is -2.14. The quantitative estimate of drug-likeness (QED) is 0.314. The molecule has 0 radical (unpaired) electrons. The zero-order valence-corrected chi connectivity index (χ0v) is 22.6. The van der Waals surface area contributed by atoms with Crippen LogP contribution in [0.5, 0.6) is 5.75 Å². The number of carbonyl (C=O) groups excluding carboxylic acids is 2. The molecule has 166 valence electrons. The highest BCUT2D eigenvalue weighted by Gasteiger charge is 2.34. The summed E-state index contributed by atoms with van der Waals surface area (Å²) >= 11 is 5.41. The summed E-state index contributed by atoms with van der Waals surface area (Å²) in [7, 11) is 1.57. The van der Waals surface area contributed by atoms with Gasteiger partial charge in [0.05, 0.1) is 22.2 Å². The normalized spacial score (nSPS) is 16.0. The van der Waals surface area contributed by atoms with Crippen molar-refractivity contribution in [1.29, 1.82) is 0 Å². The summed E-state index contributed by atoms with van der Waals surface area (Å²) in [5.74, 6) is -0.865. The molecule has 1 aliphatic heterocycles. The summed E-state index contributed by atoms with van der Waals surface area (Å²) in [5, 5.41) is 11.0. The van der Waals surface area contributed by atoms with E-state index in [1.54, 1.807) is 32.2 Å². The summed E-state index contributed by atoms with van der Waals surface area (Å²) in [4.78, 5) is 29.9. The van der Waals surface area contributed by atoms with Crippen LogP contribution in [0.3, 0.4) is 0 Å². The molecule has 0 fully saturated rings. The fraction of sp³-hybridized carbons (Fsp3) is 0.174. The van der Waals surface area contributed by atoms with Crippen molar-refractivity contribution in [3.05, 3.63) is 76.5 Å². The molecule has 0 spiro atoms. The van der Waals surface area contributed by atoms with Crippen molar-refractivity contribution in [2.24, 2.45) is 4.99 Å². The first-order valence-corrected chi connectivity index (χ1v) is 12.5. The number of thioether (sulfide) groups is 1. The molecule has 0 unspecified atom stereocenters. The third kappa shape index (κ3) is 5.37. The number of carbonyl (C=O) groups is 2. The van der Waals surface area contributed by atoms with Gasteiger partial charge in [-0.15, -0.1) is 0 Å². The first-order chi connectivity index (χ1) is 15.3. The molecule has 0 saturated heterocycles. The summed E-state index contributed by atoms with van der Waals surface area (Å²) in [6.45, 7) is 3.61. The van der Waals surface area contributed by atoms with Crippen LogP contribution in [-0.4, -0.2) is 35.7 Å². The first-order valence-electron chi connectivity index (χ1n) is 9.49. The fourth-order valence-electron chi connectivity index (χ4n) is 3.00. The second-order valence-corrected chi connectivity index (χ2v) is 10.0. The number of benzene rings is 2. The van der Waals surface area contributed by atoms with E-state index < -0.39 is 11.9 Å². The lowest BCUT2D eigenvalue weighted by molar-refractivity contribution is -0.138. The van der Waals surface area contributed by atoms with E-state index >= 15 is 0 Å². The number of aliphatic hydroxyl groups excluding tert-OH is 1. The maximum Gasteiger partial charge on any atom is 0.344 e. The van der Waals surface area contributed by atoms with Gasteiger partial charge in [-0.1, -0.05) is 30.0 Å². The number of aliphatic hydroxyl groups is 1. The Balaban J connectivity index is 2.10. The van der Waals surface area contributed by atoms with Crippen LogP contribution < -0.4 is 4.74 Å². The van der Waals surface area contributed by atoms with Gasteiger partial charge in [0.1, 0.15) is 22.1 Å². The molecule has 1 N–H and O–H groups in total. The summed E-state index contributed by atoms with van der Waals surface area (Å²) in [6.07, 6.45) is 1.71. The Kier molecular flexibility index (Phi) is 8.39. The molecule has 9 heteroatoms. The highest BCUT2D eigenvalue weighted by atomic mass is 127. The summed E-state index contributed by atoms with van der Waals surface area (Å²) in [5.41, 5.74) is 1.80. The molecule has 3 rings (SSSR count). The van der Waals surface area contributed by atoms with E-state index in [4.69, 9.17) is 9.47 Å². The number of ether oxygens (including phenoxy) is 2. The monoisotopic (exact) mass is 675 g/mol. The largest absolute Gasteiger partial charge is 0.506 e. The zero-order chi connectivity index (χ0) is 23.4. The van der Waals surface area contributed by atoms with Crippen LogP contribution >= 0.6 is 56.9 Å². The number of hydrogen-bond donors (Lipinski definition) is 1. The molecule has 32 heavy (non-hydrogen) atoms. The number of hydrogen-bond acceptors (Lipinski definition) is 6. The minimum Gasteiger partial charge on any atom is -0.506 e. The number of halogens is 2. The van der Waals surface area contributed by atoms with Gasteiger partial charge in [0, 0.05) is 14.7 Å². The predicted molar refractivity (Wildman–Crippen MR) is 143 cm³/mol. The standard InChI is InChI=1S/C23H19I2NO5S/c1-4-31-23(29)18-19(27)17(10-13-9-14(24)11-16(25)20(13)30-3)32-22(18)26-21(28)15-8-6-5-7-12(15)2/h5-11,27H,4H2,1-3H3/b17-10-,26-22?. The molecule has 0 aromatic heterocycles. The van der Waals surface area contributed by atoms with Crippen molar-refractivity contribution in [1.82, 2.24) is 0 Å². The Morgan fingerprint density at radius 2 is 1.94 bits per heavy atom. The zero-order valence-electron chi connectivity index (χ0n) is 17.4. The third-order valence-electron chi connectivity index (χ3n) is 4.48. The Bertz CT molecular complexity index is 1190. The van der Waals surface area contributed by atoms with E-state index in [9.17, 15) is 14.7 Å². The number of rotatable bonds is 5. The minimum atomic E-state index is -0.735. The molecule has 2 aromatic carbocycles. The maximum absolute atomic E-state index is 12.8. The van der Waals surface area contributed by atoms with Crippen molar-refractivity contribution < 1.29 is 24.2 Å². The Morgan fingerprint density at radius 3 is 2.59 bits per heavy atom. The van der Waals surface area contributed by atoms with Crippen LogP contribution in [0.15, 0.2) is 57.6 Å². The van der Waals surface area contributed by atoms with Crippen molar-refractivity contribution in [2.45, 2.75) is 13.8 Å². The van der Waals surface area contributed by atoms with E-state index in [0.29, 0.717) is 16.2 Å². The highest BCUT2D eigenvalue weighted by Crippen LogP contribution is 2.41. The van der Waals surface area contributed by atoms with Crippen molar-refractivity contribution in [3.63, 3.8) is 0 Å². The second-order valence-electron chi connectivity index (χ2n) is 6.60. The molecule has 0 aliphatic carbocycles. The molecule has 0 atom stereocenters. The Hall–Kier alpha value is -1.86. The number of amides is 1. The average molecular weight is 675 g/mol. The number of esters is 1. The molecule has 1 amide bonds. The molecular formula is C23H19I2NO5S. The molecule has 6 nitrogen and oxygen atoms in total. The molecule has 0 saturated carbocycles. The van der Waals surface area contributed by atoms with Crippen LogP contribution in [0.1, 0.15) is 28.4 Å². The van der Waals surface area contributed by atoms with E-state index in [1.165, 1.54) is 0 Å². The SMILES string of the molecule is CCOC(=O)C1=C(O)/C(=C/c2cc(I)cc(I)c2OC)SC1=NC(=O)c1ccccc1C. The lowest BCUT2D eigenvalue weighted by Gasteiger charge is -2.09. The van der Waals surface area contributed by atoms with E-state index in [0.717, 1.165) is 30.0 Å². The topological polar surface area (TPSA) is 85.2 Å². The first kappa shape index (κ1) is 24.8. The van der Waals surface area contributed by atoms with Gasteiger partial charge in [0.25, 0.3) is 5.91 Å². The summed E-state index contributed by atoms with van der Waals surface area (Å²) < 4.78 is 12.5. The van der Waals surface area contributed by atoms with Gasteiger partial charge in [-0.2, -0.15) is 0 Å². The number of aryl methyl sites for hydroxylation is 1. The van der Waals surface area contributed by atoms with E-state index in [-0.39, 0.29) is 23.0 Å². The van der Waals surface area contributed by atoms with Crippen molar-refractivity contribution in [3.8, 4) is 5.75 Å². The van der Waals surface area contributed by atoms with Gasteiger partial charge in [0.2, 0.25) is 0 Å². The van der Waals surface area contributed by atoms with Crippen LogP contribution in [0, 0.1) is 14.1 Å². The van der Waals surface area contributed by atoms with Crippen LogP contribution in [0.25, 0.3) is 6.08 Å². The van der Waals surface area contributed by atoms with Crippen molar-refractivity contribution in [2.75, 3.05) is 13.7 Å². The highest BCUT2D eigenvalue weighted by molar-refractivity contribution is 14.1. The molecule has 1 heterocycles. The van der Waals surface area contributed by atoms with Gasteiger partial charge in [-0.3, -0.25) is 4.79 Å². The minimum absolute atomic E-state index is 0.0970. The predicted octanol–water partition coefficient (Wildman–Crippen LogP) is 5.91. The van der Waals surface area contributed by atoms with E-state index in [2.05, 4.69) is 50.2 Å². The van der Waals surface area contributed by atoms with Gasteiger partial charge in [-0.05, 0) is 88.9 Å². The number of methoxy groups -OCH3 is 1. The van der Waals surface area contributed by atoms with E-state index in [1.807, 2.05) is 31.2 Å². The van der Waals surface area contributed by atoms with Crippen LogP contribution in [0.2, 0.25) is 0 Å². The molecule has 1 aliphatic rings. The Morgan fingerprint density at radius 1 is 1.22 bits per heavy atom. The third-order valence-corrected chi connectivity index (χ3v) is 6.92. The summed E-state index contributed by atoms with van der Waals surface area (Å²) in [6, 6.07) is 10.9. The molecular weight excluding hydrogens is 656 g/mol. The smallest absolute Gasteiger partial charge is 0.344 e. The van der Waals surface area contributed by atoms with Gasteiger partial charge < -0.3 is 14.6 Å². The fourth-order valence-corrected chi connectivity index (χ4v) is 6.11. The molecule has 2 aromatic rings. The average Bonchev–Trinajstić information content (AvgIpc) is 3.03. The van der Waals surface area contributed by atoms with Crippen molar-refractivity contribution >= 4 is 79.9 Å².